The Morgan fingerprint density at radius 3 is 2.69 bits per heavy atom. The molecule has 0 aliphatic heterocycles. The molecule has 6 N–H and O–H groups in total. The predicted molar refractivity (Wildman–Crippen MR) is 125 cm³/mol. The van der Waals surface area contributed by atoms with E-state index in [0.29, 0.717) is 27.6 Å². The van der Waals surface area contributed by atoms with Crippen LogP contribution in [0.15, 0.2) is 33.2 Å². The number of ether oxygens (including phenoxy) is 1. The molecule has 0 saturated heterocycles. The Labute approximate surface area is 173 Å². The fraction of sp³-hybridized carbons (Fsp3) is 0.421. The molecule has 0 aromatic carbocycles. The molecule has 0 bridgehead atoms. The van der Waals surface area contributed by atoms with Gasteiger partial charge in [0.1, 0.15) is 11.1 Å². The summed E-state index contributed by atoms with van der Waals surface area (Å²) in [5.41, 5.74) is 13.2. The molecule has 1 aromatic heterocycles. The molecule has 29 heavy (non-hydrogen) atoms. The number of hydrogen-bond donors (Lipinski definition) is 4. The molecule has 1 fully saturated rings. The summed E-state index contributed by atoms with van der Waals surface area (Å²) in [6, 6.07) is 1.60. The average molecular weight is 419 g/mol. The van der Waals surface area contributed by atoms with Crippen molar-refractivity contribution in [2.45, 2.75) is 57.1 Å². The minimum absolute atomic E-state index is 0.0751. The molecular formula is C19H30BN5O3S. The van der Waals surface area contributed by atoms with Gasteiger partial charge in [0.25, 0.3) is 0 Å². The van der Waals surface area contributed by atoms with Crippen LogP contribution in [0.4, 0.5) is 16.2 Å². The van der Waals surface area contributed by atoms with Crippen molar-refractivity contribution in [3.63, 3.8) is 0 Å². The Morgan fingerprint density at radius 2 is 2.07 bits per heavy atom. The molecule has 1 aliphatic rings. The number of allylic oxidation sites excluding steroid dienone is 2. The zero-order valence-electron chi connectivity index (χ0n) is 17.1. The van der Waals surface area contributed by atoms with Crippen LogP contribution in [0.1, 0.15) is 46.0 Å². The fourth-order valence-electron chi connectivity index (χ4n) is 3.09. The molecule has 1 aromatic rings. The summed E-state index contributed by atoms with van der Waals surface area (Å²) in [5.74, 6) is 8.22. The normalized spacial score (nSPS) is 16.4. The van der Waals surface area contributed by atoms with E-state index in [-0.39, 0.29) is 6.10 Å². The largest absolute Gasteiger partial charge is 0.446 e. The topological polar surface area (TPSA) is 136 Å². The Balaban J connectivity index is 2.26. The first-order valence-corrected chi connectivity index (χ1v) is 11.4. The van der Waals surface area contributed by atoms with Crippen molar-refractivity contribution in [1.29, 1.82) is 0 Å². The van der Waals surface area contributed by atoms with E-state index < -0.39 is 22.5 Å². The van der Waals surface area contributed by atoms with Crippen molar-refractivity contribution >= 4 is 51.4 Å². The van der Waals surface area contributed by atoms with Gasteiger partial charge < -0.3 is 21.1 Å². The van der Waals surface area contributed by atoms with Gasteiger partial charge in [0.05, 0.1) is 17.6 Å². The minimum Gasteiger partial charge on any atom is -0.446 e. The summed E-state index contributed by atoms with van der Waals surface area (Å²) >= 11 is 0. The van der Waals surface area contributed by atoms with E-state index in [0.717, 1.165) is 25.7 Å². The van der Waals surface area contributed by atoms with E-state index in [2.05, 4.69) is 26.4 Å². The van der Waals surface area contributed by atoms with Gasteiger partial charge >= 0.3 is 13.1 Å². The number of carbonyl (C=O) groups is 1. The number of aromatic nitrogens is 1. The molecule has 1 aliphatic carbocycles. The maximum atomic E-state index is 12.4. The number of hydrogen-bond acceptors (Lipinski definition) is 7. The number of pyridine rings is 1. The number of anilines is 2. The summed E-state index contributed by atoms with van der Waals surface area (Å²) < 4.78 is 10.1. The van der Waals surface area contributed by atoms with Crippen LogP contribution in [0.5, 0.6) is 0 Å². The quantitative estimate of drug-likeness (QED) is 0.318. The van der Waals surface area contributed by atoms with E-state index >= 15 is 0 Å². The molecule has 0 unspecified atom stereocenters. The van der Waals surface area contributed by atoms with Gasteiger partial charge in [-0.25, -0.2) is 14.2 Å². The van der Waals surface area contributed by atoms with Gasteiger partial charge in [-0.05, 0) is 51.7 Å². The Kier molecular flexibility index (Phi) is 7.89. The van der Waals surface area contributed by atoms with Crippen molar-refractivity contribution in [3.05, 3.63) is 23.8 Å². The lowest BCUT2D eigenvalue weighted by molar-refractivity contribution is 0.0864. The van der Waals surface area contributed by atoms with Crippen LogP contribution >= 0.6 is 9.39 Å². The standard InChI is InChI=1S/C19H30BN5O3S/c1-13(20(22)27)10-14(2)25-29(3,4)18-17(11-15(21)12-23-18)24-19(26)28-16-8-6-5-7-9-16/h10-12,16,27H,3-9,21-22H2,1-2H3,(H,24,26)/b13-10+,25-14?. The van der Waals surface area contributed by atoms with Gasteiger partial charge in [0, 0.05) is 5.71 Å². The highest BCUT2D eigenvalue weighted by Gasteiger charge is 2.19. The second-order valence-electron chi connectivity index (χ2n) is 7.32. The van der Waals surface area contributed by atoms with Gasteiger partial charge in [0.2, 0.25) is 0 Å². The lowest BCUT2D eigenvalue weighted by Crippen LogP contribution is -2.27. The number of nitrogens with two attached hydrogens (primary N) is 2. The molecule has 1 heterocycles. The van der Waals surface area contributed by atoms with Crippen LogP contribution in [0.3, 0.4) is 0 Å². The van der Waals surface area contributed by atoms with Crippen LogP contribution < -0.4 is 16.7 Å². The molecule has 8 nitrogen and oxygen atoms in total. The lowest BCUT2D eigenvalue weighted by Gasteiger charge is -2.22. The van der Waals surface area contributed by atoms with Gasteiger partial charge in [-0.2, -0.15) is 0 Å². The second-order valence-corrected chi connectivity index (χ2v) is 9.57. The first-order chi connectivity index (χ1) is 13.6. The number of rotatable bonds is 6. The third kappa shape index (κ3) is 6.91. The SMILES string of the molecule is C=S(=C)(N=C(C)/C=C(\C)B(N)O)c1ncc(N)cc1NC(=O)OC1CCCCC1. The summed E-state index contributed by atoms with van der Waals surface area (Å²) in [6.45, 7) is 3.45. The van der Waals surface area contributed by atoms with Crippen molar-refractivity contribution in [2.75, 3.05) is 11.1 Å². The second kappa shape index (κ2) is 9.95. The van der Waals surface area contributed by atoms with Gasteiger partial charge in [0.15, 0.2) is 0 Å². The highest BCUT2D eigenvalue weighted by Crippen LogP contribution is 2.38. The summed E-state index contributed by atoms with van der Waals surface area (Å²) in [4.78, 5) is 16.7. The number of nitrogens with one attached hydrogen (secondary N) is 1. The highest BCUT2D eigenvalue weighted by atomic mass is 32.2. The monoisotopic (exact) mass is 419 g/mol. The zero-order chi connectivity index (χ0) is 21.6. The van der Waals surface area contributed by atoms with Crippen molar-refractivity contribution in [3.8, 4) is 0 Å². The maximum absolute atomic E-state index is 12.4. The predicted octanol–water partition coefficient (Wildman–Crippen LogP) is 2.87. The molecule has 0 spiro atoms. The molecule has 0 radical (unpaired) electrons. The number of nitrogens with zero attached hydrogens (tertiary/aromatic N) is 2. The molecule has 1 amide bonds. The van der Waals surface area contributed by atoms with Gasteiger partial charge in [-0.1, -0.05) is 33.0 Å². The van der Waals surface area contributed by atoms with Crippen LogP contribution in [-0.2, 0) is 4.74 Å². The van der Waals surface area contributed by atoms with Crippen molar-refractivity contribution in [1.82, 2.24) is 4.98 Å². The highest BCUT2D eigenvalue weighted by molar-refractivity contribution is 8.26. The van der Waals surface area contributed by atoms with Gasteiger partial charge in [-0.3, -0.25) is 5.32 Å². The van der Waals surface area contributed by atoms with E-state index in [1.54, 1.807) is 26.0 Å². The van der Waals surface area contributed by atoms with Crippen LogP contribution in [0.25, 0.3) is 0 Å². The van der Waals surface area contributed by atoms with E-state index in [4.69, 9.17) is 16.1 Å². The lowest BCUT2D eigenvalue weighted by atomic mass is 9.76. The molecule has 158 valence electrons. The average Bonchev–Trinajstić information content (AvgIpc) is 2.61. The smallest absolute Gasteiger partial charge is 0.411 e. The summed E-state index contributed by atoms with van der Waals surface area (Å²) in [7, 11) is -3.34. The molecule has 2 rings (SSSR count). The van der Waals surface area contributed by atoms with Crippen molar-refractivity contribution < 1.29 is 14.6 Å². The fourth-order valence-corrected chi connectivity index (χ4v) is 4.55. The van der Waals surface area contributed by atoms with Crippen LogP contribution in [0.2, 0.25) is 0 Å². The molecule has 10 heteroatoms. The Bertz CT molecular complexity index is 906. The first kappa shape index (κ1) is 23.0. The van der Waals surface area contributed by atoms with Crippen molar-refractivity contribution in [2.24, 2.45) is 10.0 Å². The number of carbonyl (C=O) groups excluding carboxylic acids is 1. The maximum Gasteiger partial charge on any atom is 0.411 e. The van der Waals surface area contributed by atoms with Crippen LogP contribution in [0, 0.1) is 0 Å². The van der Waals surface area contributed by atoms with E-state index in [1.165, 1.54) is 12.6 Å². The third-order valence-corrected chi connectivity index (χ3v) is 6.20. The third-order valence-electron chi connectivity index (χ3n) is 4.52. The molecule has 0 atom stereocenters. The summed E-state index contributed by atoms with van der Waals surface area (Å²) in [6.07, 6.45) is 7.54. The minimum atomic E-state index is -2.27. The van der Waals surface area contributed by atoms with Crippen LogP contribution in [-0.4, -0.2) is 46.7 Å². The number of nitrogen functional groups attached to an aromatic ring is 1. The Morgan fingerprint density at radius 1 is 1.41 bits per heavy atom. The number of amides is 1. The Hall–Kier alpha value is -2.30. The zero-order valence-corrected chi connectivity index (χ0v) is 17.9. The van der Waals surface area contributed by atoms with E-state index in [1.807, 2.05) is 0 Å². The molecular weight excluding hydrogens is 389 g/mol. The molecule has 1 saturated carbocycles. The van der Waals surface area contributed by atoms with Gasteiger partial charge in [-0.15, -0.1) is 0 Å². The summed E-state index contributed by atoms with van der Waals surface area (Å²) in [5, 5.41) is 12.6. The van der Waals surface area contributed by atoms with E-state index in [9.17, 15) is 9.82 Å². The first-order valence-electron chi connectivity index (χ1n) is 9.49.